The summed E-state index contributed by atoms with van der Waals surface area (Å²) in [5.74, 6) is 0. The highest BCUT2D eigenvalue weighted by molar-refractivity contribution is 4.59. The third-order valence-electron chi connectivity index (χ3n) is 5.20. The van der Waals surface area contributed by atoms with Crippen LogP contribution in [-0.2, 0) is 0 Å². The van der Waals surface area contributed by atoms with Gasteiger partial charge in [0.25, 0.3) is 0 Å². The second-order valence-electron chi connectivity index (χ2n) is 8.12. The average Bonchev–Trinajstić information content (AvgIpc) is 2.76. The highest BCUT2D eigenvalue weighted by Gasteiger charge is 1.94. The summed E-state index contributed by atoms with van der Waals surface area (Å²) in [7, 11) is 0. The van der Waals surface area contributed by atoms with E-state index in [1.54, 1.807) is 0 Å². The lowest BCUT2D eigenvalue weighted by molar-refractivity contribution is 0.529. The fraction of sp³-hybridized carbons (Fsp3) is 1.00. The molecule has 30 heavy (non-hydrogen) atoms. The summed E-state index contributed by atoms with van der Waals surface area (Å²) in [6.45, 7) is 17.6. The van der Waals surface area contributed by atoms with Gasteiger partial charge < -0.3 is 42.5 Å². The molecule has 1 fully saturated rings. The minimum Gasteiger partial charge on any atom is -0.317 e. The Morgan fingerprint density at radius 1 is 0.167 bits per heavy atom. The van der Waals surface area contributed by atoms with E-state index in [1.807, 2.05) is 0 Å². The second-order valence-corrected chi connectivity index (χ2v) is 8.12. The van der Waals surface area contributed by atoms with E-state index in [0.717, 1.165) is 105 Å². The van der Waals surface area contributed by atoms with Crippen molar-refractivity contribution in [2.75, 3.05) is 105 Å². The first kappa shape index (κ1) is 27.7. The molecule has 0 amide bonds. The standard InChI is InChI=1S/C22H52N8/c1-7-23-11-3-15-27-19-21-29-17-5-13-25-9-2-10-26-14-6-18-30-22-20-28-16-4-12-24-8-1/h23-30H,1-22H2. The Morgan fingerprint density at radius 2 is 0.300 bits per heavy atom. The maximum atomic E-state index is 3.54. The molecule has 8 nitrogen and oxygen atoms in total. The van der Waals surface area contributed by atoms with E-state index in [-0.39, 0.29) is 0 Å². The molecule has 0 aromatic rings. The molecule has 8 heteroatoms. The quantitative estimate of drug-likeness (QED) is 0.250. The van der Waals surface area contributed by atoms with Crippen LogP contribution in [0.1, 0.15) is 38.5 Å². The van der Waals surface area contributed by atoms with Crippen molar-refractivity contribution in [2.24, 2.45) is 0 Å². The van der Waals surface area contributed by atoms with Gasteiger partial charge in [0.1, 0.15) is 0 Å². The van der Waals surface area contributed by atoms with Gasteiger partial charge in [0, 0.05) is 26.2 Å². The van der Waals surface area contributed by atoms with E-state index in [2.05, 4.69) is 42.5 Å². The van der Waals surface area contributed by atoms with Crippen LogP contribution in [-0.4, -0.2) is 105 Å². The average molecular weight is 429 g/mol. The van der Waals surface area contributed by atoms with Crippen LogP contribution >= 0.6 is 0 Å². The molecule has 180 valence electrons. The molecule has 0 aromatic carbocycles. The molecule has 8 N–H and O–H groups in total. The van der Waals surface area contributed by atoms with Crippen LogP contribution in [0, 0.1) is 0 Å². The van der Waals surface area contributed by atoms with Crippen molar-refractivity contribution in [1.29, 1.82) is 0 Å². The van der Waals surface area contributed by atoms with Crippen LogP contribution in [0.4, 0.5) is 0 Å². The first-order valence-electron chi connectivity index (χ1n) is 12.7. The number of hydrogen-bond donors (Lipinski definition) is 8. The largest absolute Gasteiger partial charge is 0.317 e. The van der Waals surface area contributed by atoms with Crippen molar-refractivity contribution in [3.05, 3.63) is 0 Å². The van der Waals surface area contributed by atoms with Gasteiger partial charge in [-0.3, -0.25) is 0 Å². The monoisotopic (exact) mass is 428 g/mol. The van der Waals surface area contributed by atoms with Gasteiger partial charge in [-0.05, 0) is 117 Å². The number of rotatable bonds is 0. The zero-order valence-corrected chi connectivity index (χ0v) is 19.6. The number of hydrogen-bond acceptors (Lipinski definition) is 8. The molecule has 1 rings (SSSR count). The smallest absolute Gasteiger partial charge is 0.00767 e. The van der Waals surface area contributed by atoms with Crippen LogP contribution in [0.15, 0.2) is 0 Å². The highest BCUT2D eigenvalue weighted by Crippen LogP contribution is 1.81. The highest BCUT2D eigenvalue weighted by atomic mass is 15.0. The molecule has 1 aliphatic rings. The van der Waals surface area contributed by atoms with E-state index in [4.69, 9.17) is 0 Å². The Morgan fingerprint density at radius 3 is 0.467 bits per heavy atom. The van der Waals surface area contributed by atoms with E-state index in [1.165, 1.54) is 38.5 Å². The van der Waals surface area contributed by atoms with Gasteiger partial charge in [-0.1, -0.05) is 0 Å². The van der Waals surface area contributed by atoms with Gasteiger partial charge in [-0.15, -0.1) is 0 Å². The summed E-state index contributed by atoms with van der Waals surface area (Å²) in [5.41, 5.74) is 0. The Bertz CT molecular complexity index is 172. The van der Waals surface area contributed by atoms with E-state index < -0.39 is 0 Å². The van der Waals surface area contributed by atoms with Gasteiger partial charge in [0.15, 0.2) is 0 Å². The van der Waals surface area contributed by atoms with Crippen molar-refractivity contribution in [2.45, 2.75) is 38.5 Å². The zero-order valence-electron chi connectivity index (χ0n) is 19.6. The SMILES string of the molecule is C1CNCCCNCCNCCCNCCCNCCCNCCNCCCNC1. The topological polar surface area (TPSA) is 96.2 Å². The summed E-state index contributed by atoms with van der Waals surface area (Å²) in [5, 5.41) is 28.2. The van der Waals surface area contributed by atoms with Crippen molar-refractivity contribution >= 4 is 0 Å². The minimum atomic E-state index is 1.06. The van der Waals surface area contributed by atoms with Gasteiger partial charge in [-0.2, -0.15) is 0 Å². The van der Waals surface area contributed by atoms with Gasteiger partial charge in [0.05, 0.1) is 0 Å². The van der Waals surface area contributed by atoms with Crippen LogP contribution in [0.25, 0.3) is 0 Å². The molecule has 0 aliphatic carbocycles. The molecule has 0 unspecified atom stereocenters. The first-order valence-corrected chi connectivity index (χ1v) is 12.7. The third-order valence-corrected chi connectivity index (χ3v) is 5.20. The van der Waals surface area contributed by atoms with Crippen LogP contribution in [0.2, 0.25) is 0 Å². The molecular weight excluding hydrogens is 376 g/mol. The maximum absolute atomic E-state index is 3.54. The molecule has 1 heterocycles. The van der Waals surface area contributed by atoms with Gasteiger partial charge >= 0.3 is 0 Å². The van der Waals surface area contributed by atoms with Crippen LogP contribution < -0.4 is 42.5 Å². The van der Waals surface area contributed by atoms with Crippen molar-refractivity contribution < 1.29 is 0 Å². The van der Waals surface area contributed by atoms with E-state index in [0.29, 0.717) is 0 Å². The predicted molar refractivity (Wildman–Crippen MR) is 131 cm³/mol. The molecule has 0 saturated carbocycles. The molecule has 0 spiro atoms. The summed E-state index contributed by atoms with van der Waals surface area (Å²) in [6, 6.07) is 0. The Kier molecular flexibility index (Phi) is 23.0. The molecule has 1 aliphatic heterocycles. The fourth-order valence-corrected chi connectivity index (χ4v) is 3.38. The Hall–Kier alpha value is -0.320. The zero-order chi connectivity index (χ0) is 21.2. The van der Waals surface area contributed by atoms with Crippen molar-refractivity contribution in [3.63, 3.8) is 0 Å². The summed E-state index contributed by atoms with van der Waals surface area (Å²) >= 11 is 0. The van der Waals surface area contributed by atoms with E-state index in [9.17, 15) is 0 Å². The minimum absolute atomic E-state index is 1.06. The van der Waals surface area contributed by atoms with Crippen LogP contribution in [0.5, 0.6) is 0 Å². The lowest BCUT2D eigenvalue weighted by atomic mass is 10.3. The first-order chi connectivity index (χ1) is 15.0. The Labute approximate surface area is 186 Å². The van der Waals surface area contributed by atoms with Crippen molar-refractivity contribution in [1.82, 2.24) is 42.5 Å². The van der Waals surface area contributed by atoms with E-state index >= 15 is 0 Å². The van der Waals surface area contributed by atoms with Crippen LogP contribution in [0.3, 0.4) is 0 Å². The number of nitrogens with one attached hydrogen (secondary N) is 8. The molecule has 0 radical (unpaired) electrons. The molecule has 1 saturated heterocycles. The summed E-state index contributed by atoms with van der Waals surface area (Å²) in [4.78, 5) is 0. The summed E-state index contributed by atoms with van der Waals surface area (Å²) < 4.78 is 0. The molecule has 0 bridgehead atoms. The molecular formula is C22H52N8. The fourth-order valence-electron chi connectivity index (χ4n) is 3.38. The lowest BCUT2D eigenvalue weighted by Gasteiger charge is -2.10. The van der Waals surface area contributed by atoms with Crippen molar-refractivity contribution in [3.8, 4) is 0 Å². The predicted octanol–water partition coefficient (Wildman–Crippen LogP) is -0.943. The normalized spacial score (nSPS) is 24.0. The second kappa shape index (κ2) is 24.9. The molecule has 0 aromatic heterocycles. The Balaban J connectivity index is 2.00. The maximum Gasteiger partial charge on any atom is 0.00767 e. The van der Waals surface area contributed by atoms with Gasteiger partial charge in [-0.25, -0.2) is 0 Å². The lowest BCUT2D eigenvalue weighted by Crippen LogP contribution is -2.32. The molecule has 0 atom stereocenters. The van der Waals surface area contributed by atoms with Gasteiger partial charge in [0.2, 0.25) is 0 Å². The third kappa shape index (κ3) is 22.4. The summed E-state index contributed by atoms with van der Waals surface area (Å²) in [6.07, 6.45) is 7.22.